The van der Waals surface area contributed by atoms with Gasteiger partial charge in [0.1, 0.15) is 0 Å². The van der Waals surface area contributed by atoms with Crippen molar-refractivity contribution in [2.75, 3.05) is 5.32 Å². The Morgan fingerprint density at radius 2 is 1.85 bits per heavy atom. The lowest BCUT2D eigenvalue weighted by Crippen LogP contribution is -2.55. The predicted octanol–water partition coefficient (Wildman–Crippen LogP) is 4.98. The highest BCUT2D eigenvalue weighted by Crippen LogP contribution is 2.60. The monoisotopic (exact) mass is 405 g/mol. The molecule has 6 rings (SSSR count). The van der Waals surface area contributed by atoms with Crippen LogP contribution in [0.3, 0.4) is 0 Å². The lowest BCUT2D eigenvalue weighted by molar-refractivity contribution is -0.144. The van der Waals surface area contributed by atoms with Crippen LogP contribution in [0.1, 0.15) is 38.5 Å². The van der Waals surface area contributed by atoms with Crippen LogP contribution in [0.5, 0.6) is 0 Å². The van der Waals surface area contributed by atoms with Crippen molar-refractivity contribution in [3.05, 3.63) is 23.2 Å². The van der Waals surface area contributed by atoms with E-state index >= 15 is 0 Å². The Balaban J connectivity index is 1.28. The summed E-state index contributed by atoms with van der Waals surface area (Å²) in [4.78, 5) is 17.5. The molecule has 2 N–H and O–H groups in total. The zero-order chi connectivity index (χ0) is 17.9. The van der Waals surface area contributed by atoms with Gasteiger partial charge in [-0.05, 0) is 86.7 Å². The third-order valence-electron chi connectivity index (χ3n) is 6.32. The highest BCUT2D eigenvalue weighted by molar-refractivity contribution is 7.80. The van der Waals surface area contributed by atoms with Gasteiger partial charge in [0.25, 0.3) is 0 Å². The average Bonchev–Trinajstić information content (AvgIpc) is 2.94. The Hall–Kier alpha value is -1.24. The maximum atomic E-state index is 13.0. The number of benzene rings is 1. The molecule has 0 saturated heterocycles. The second-order valence-corrected chi connectivity index (χ2v) is 10.1. The molecule has 2 aromatic rings. The van der Waals surface area contributed by atoms with Crippen molar-refractivity contribution in [1.82, 2.24) is 10.3 Å². The molecule has 26 heavy (non-hydrogen) atoms. The van der Waals surface area contributed by atoms with Crippen LogP contribution in [0, 0.1) is 23.2 Å². The van der Waals surface area contributed by atoms with Gasteiger partial charge in [-0.25, -0.2) is 4.98 Å². The molecule has 136 valence electrons. The lowest BCUT2D eigenvalue weighted by Gasteiger charge is -2.55. The van der Waals surface area contributed by atoms with Crippen molar-refractivity contribution in [2.45, 2.75) is 38.5 Å². The number of halogens is 1. The first kappa shape index (κ1) is 16.9. The zero-order valence-corrected chi connectivity index (χ0v) is 16.6. The normalized spacial score (nSPS) is 32.0. The highest BCUT2D eigenvalue weighted by Gasteiger charge is 2.54. The van der Waals surface area contributed by atoms with Gasteiger partial charge in [-0.2, -0.15) is 0 Å². The largest absolute Gasteiger partial charge is 0.308 e. The van der Waals surface area contributed by atoms with Gasteiger partial charge in [-0.15, -0.1) is 0 Å². The minimum Gasteiger partial charge on any atom is -0.308 e. The molecule has 1 aromatic carbocycles. The summed E-state index contributed by atoms with van der Waals surface area (Å²) in [7, 11) is 0. The molecule has 0 spiro atoms. The van der Waals surface area contributed by atoms with Gasteiger partial charge < -0.3 is 10.6 Å². The number of hydrogen-bond acceptors (Lipinski definition) is 4. The minimum atomic E-state index is -0.193. The molecule has 4 nitrogen and oxygen atoms in total. The highest BCUT2D eigenvalue weighted by atomic mass is 35.5. The summed E-state index contributed by atoms with van der Waals surface area (Å²) in [6.07, 6.45) is 7.07. The number of hydrogen-bond donors (Lipinski definition) is 2. The first-order valence-corrected chi connectivity index (χ1v) is 10.8. The molecular weight excluding hydrogens is 386 g/mol. The van der Waals surface area contributed by atoms with E-state index in [1.165, 1.54) is 30.6 Å². The molecule has 0 aliphatic heterocycles. The van der Waals surface area contributed by atoms with E-state index in [0.29, 0.717) is 15.3 Å². The molecular formula is C19H20ClN3OS2. The maximum absolute atomic E-state index is 13.0. The van der Waals surface area contributed by atoms with E-state index < -0.39 is 0 Å². The first-order valence-electron chi connectivity index (χ1n) is 9.18. The van der Waals surface area contributed by atoms with Crippen molar-refractivity contribution in [3.63, 3.8) is 0 Å². The third-order valence-corrected chi connectivity index (χ3v) is 7.69. The van der Waals surface area contributed by atoms with Crippen LogP contribution < -0.4 is 10.6 Å². The second kappa shape index (κ2) is 6.14. The second-order valence-electron chi connectivity index (χ2n) is 8.24. The number of aromatic nitrogens is 1. The van der Waals surface area contributed by atoms with Crippen LogP contribution in [-0.2, 0) is 4.79 Å². The quantitative estimate of drug-likeness (QED) is 0.692. The Labute approximate surface area is 166 Å². The van der Waals surface area contributed by atoms with E-state index in [2.05, 4.69) is 15.6 Å². The fraction of sp³-hybridized carbons (Fsp3) is 0.526. The number of carbonyl (C=O) groups is 1. The molecule has 4 fully saturated rings. The predicted molar refractivity (Wildman–Crippen MR) is 110 cm³/mol. The number of thiocarbonyl (C=S) groups is 1. The van der Waals surface area contributed by atoms with Gasteiger partial charge >= 0.3 is 0 Å². The molecule has 0 radical (unpaired) electrons. The number of fused-ring (bicyclic) bond motifs is 1. The van der Waals surface area contributed by atoms with E-state index in [9.17, 15) is 4.79 Å². The Bertz CT molecular complexity index is 874. The summed E-state index contributed by atoms with van der Waals surface area (Å²) in [6.45, 7) is 0. The van der Waals surface area contributed by atoms with Gasteiger partial charge in [0.05, 0.1) is 15.6 Å². The fourth-order valence-electron chi connectivity index (χ4n) is 5.70. The Morgan fingerprint density at radius 1 is 1.19 bits per heavy atom. The van der Waals surface area contributed by atoms with E-state index in [0.717, 1.165) is 47.2 Å². The number of rotatable bonds is 2. The number of carbonyl (C=O) groups excluding carboxylic acids is 1. The lowest BCUT2D eigenvalue weighted by atomic mass is 9.49. The van der Waals surface area contributed by atoms with Crippen LogP contribution >= 0.6 is 35.2 Å². The Morgan fingerprint density at radius 3 is 2.50 bits per heavy atom. The summed E-state index contributed by atoms with van der Waals surface area (Å²) in [5, 5.41) is 7.75. The smallest absolute Gasteiger partial charge is 0.232 e. The van der Waals surface area contributed by atoms with Gasteiger partial charge in [0.2, 0.25) is 5.91 Å². The van der Waals surface area contributed by atoms with Gasteiger partial charge in [-0.3, -0.25) is 4.79 Å². The van der Waals surface area contributed by atoms with E-state index in [-0.39, 0.29) is 11.3 Å². The van der Waals surface area contributed by atoms with Crippen LogP contribution in [0.25, 0.3) is 10.2 Å². The van der Waals surface area contributed by atoms with Crippen LogP contribution in [0.4, 0.5) is 5.13 Å². The summed E-state index contributed by atoms with van der Waals surface area (Å²) < 4.78 is 0.996. The molecule has 1 amide bonds. The molecule has 7 heteroatoms. The Kier molecular flexibility index (Phi) is 3.99. The van der Waals surface area contributed by atoms with Crippen LogP contribution in [0.15, 0.2) is 18.2 Å². The van der Waals surface area contributed by atoms with E-state index in [1.54, 1.807) is 0 Å². The molecule has 0 unspecified atom stereocenters. The molecule has 1 heterocycles. The van der Waals surface area contributed by atoms with Crippen LogP contribution in [-0.4, -0.2) is 16.0 Å². The fourth-order valence-corrected chi connectivity index (χ4v) is 7.11. The van der Waals surface area contributed by atoms with Gasteiger partial charge in [0, 0.05) is 5.02 Å². The van der Waals surface area contributed by atoms with Crippen molar-refractivity contribution < 1.29 is 4.79 Å². The summed E-state index contributed by atoms with van der Waals surface area (Å²) in [6, 6.07) is 5.59. The number of nitrogens with one attached hydrogen (secondary N) is 2. The molecule has 1 aromatic heterocycles. The molecule has 4 aliphatic carbocycles. The zero-order valence-electron chi connectivity index (χ0n) is 14.3. The van der Waals surface area contributed by atoms with Crippen molar-refractivity contribution in [1.29, 1.82) is 0 Å². The molecule has 4 bridgehead atoms. The minimum absolute atomic E-state index is 0.109. The number of amides is 1. The van der Waals surface area contributed by atoms with Crippen LogP contribution in [0.2, 0.25) is 5.02 Å². The maximum Gasteiger partial charge on any atom is 0.232 e. The standard InChI is InChI=1S/C19H20ClN3OS2/c20-13-1-2-14-15(6-13)26-18(21-14)23-17(25)22-16(24)19-7-10-3-11(8-19)5-12(4-10)9-19/h1-2,6,10-12H,3-5,7-9H2,(H2,21,22,23,24,25). The number of nitrogens with zero attached hydrogens (tertiary/aromatic N) is 1. The van der Waals surface area contributed by atoms with Crippen molar-refractivity contribution >= 4 is 61.5 Å². The molecule has 0 atom stereocenters. The first-order chi connectivity index (χ1) is 12.5. The van der Waals surface area contributed by atoms with E-state index in [4.69, 9.17) is 23.8 Å². The topological polar surface area (TPSA) is 54.0 Å². The number of thiazole rings is 1. The summed E-state index contributed by atoms with van der Waals surface area (Å²) in [5.74, 6) is 2.32. The summed E-state index contributed by atoms with van der Waals surface area (Å²) >= 11 is 12.9. The molecule has 4 aliphatic rings. The van der Waals surface area contributed by atoms with Crippen molar-refractivity contribution in [3.8, 4) is 0 Å². The van der Waals surface area contributed by atoms with Gasteiger partial charge in [0.15, 0.2) is 10.2 Å². The molecule has 4 saturated carbocycles. The van der Waals surface area contributed by atoms with E-state index in [1.807, 2.05) is 18.2 Å². The van der Waals surface area contributed by atoms with Gasteiger partial charge in [-0.1, -0.05) is 22.9 Å². The average molecular weight is 406 g/mol. The van der Waals surface area contributed by atoms with Crippen molar-refractivity contribution in [2.24, 2.45) is 23.2 Å². The SMILES string of the molecule is O=C(NC(=S)Nc1nc2ccc(Cl)cc2s1)C12CC3CC(CC(C3)C1)C2. The summed E-state index contributed by atoms with van der Waals surface area (Å²) in [5.41, 5.74) is 0.679. The number of anilines is 1. The third kappa shape index (κ3) is 2.92.